The van der Waals surface area contributed by atoms with Gasteiger partial charge in [0.2, 0.25) is 0 Å². The van der Waals surface area contributed by atoms with Gasteiger partial charge in [0.25, 0.3) is 0 Å². The van der Waals surface area contributed by atoms with Crippen LogP contribution in [0.4, 0.5) is 0 Å². The molecule has 7 heteroatoms. The zero-order valence-corrected chi connectivity index (χ0v) is 17.8. The van der Waals surface area contributed by atoms with Crippen LogP contribution in [0.15, 0.2) is 54.7 Å². The van der Waals surface area contributed by atoms with Crippen LogP contribution in [0.1, 0.15) is 17.2 Å². The third-order valence-electron chi connectivity index (χ3n) is 5.20. The molecule has 2 N–H and O–H groups in total. The molecule has 0 bridgehead atoms. The van der Waals surface area contributed by atoms with Crippen molar-refractivity contribution in [3.8, 4) is 5.75 Å². The quantitative estimate of drug-likeness (QED) is 0.588. The number of hydrogen-bond donors (Lipinski definition) is 2. The van der Waals surface area contributed by atoms with E-state index in [0.717, 1.165) is 22.0 Å². The number of carbonyl (C=O) groups excluding carboxylic acids is 2. The Hall–Kier alpha value is -3.32. The second kappa shape index (κ2) is 9.45. The molecule has 0 fully saturated rings. The van der Waals surface area contributed by atoms with Crippen LogP contribution < -0.4 is 15.4 Å². The van der Waals surface area contributed by atoms with E-state index >= 15 is 0 Å². The maximum Gasteiger partial charge on any atom is 0.309 e. The number of amides is 2. The number of ether oxygens (including phenoxy) is 1. The minimum atomic E-state index is -0.670. The van der Waals surface area contributed by atoms with Crippen LogP contribution in [0.5, 0.6) is 5.75 Å². The maximum atomic E-state index is 12.4. The van der Waals surface area contributed by atoms with Crippen LogP contribution in [0.3, 0.4) is 0 Å². The molecule has 1 heterocycles. The monoisotopic (exact) mass is 408 g/mol. The van der Waals surface area contributed by atoms with Crippen molar-refractivity contribution in [2.24, 2.45) is 7.05 Å². The number of carbonyl (C=O) groups is 2. The van der Waals surface area contributed by atoms with Gasteiger partial charge in [0, 0.05) is 42.8 Å². The number of likely N-dealkylation sites (N-methyl/N-ethyl adjacent to an activating group) is 1. The fourth-order valence-corrected chi connectivity index (χ4v) is 3.58. The van der Waals surface area contributed by atoms with Gasteiger partial charge in [-0.1, -0.05) is 36.4 Å². The van der Waals surface area contributed by atoms with Gasteiger partial charge < -0.3 is 24.8 Å². The van der Waals surface area contributed by atoms with Crippen molar-refractivity contribution in [2.45, 2.75) is 12.6 Å². The second-order valence-electron chi connectivity index (χ2n) is 7.40. The number of hydrogen-bond acceptors (Lipinski definition) is 4. The number of para-hydroxylation sites is 2. The van der Waals surface area contributed by atoms with Gasteiger partial charge in [0.15, 0.2) is 0 Å². The zero-order valence-electron chi connectivity index (χ0n) is 17.8. The molecule has 0 radical (unpaired) electrons. The molecule has 2 amide bonds. The molecule has 1 atom stereocenters. The van der Waals surface area contributed by atoms with Crippen molar-refractivity contribution in [1.82, 2.24) is 20.1 Å². The first-order valence-corrected chi connectivity index (χ1v) is 9.80. The zero-order chi connectivity index (χ0) is 21.7. The van der Waals surface area contributed by atoms with Gasteiger partial charge in [-0.25, -0.2) is 0 Å². The van der Waals surface area contributed by atoms with E-state index in [1.165, 1.54) is 0 Å². The first-order chi connectivity index (χ1) is 14.4. The highest BCUT2D eigenvalue weighted by molar-refractivity contribution is 6.35. The van der Waals surface area contributed by atoms with Crippen molar-refractivity contribution >= 4 is 22.7 Å². The van der Waals surface area contributed by atoms with E-state index in [1.54, 1.807) is 7.11 Å². The molecule has 2 aromatic carbocycles. The number of nitrogens with zero attached hydrogens (tertiary/aromatic N) is 2. The van der Waals surface area contributed by atoms with E-state index in [1.807, 2.05) is 62.4 Å². The number of rotatable bonds is 7. The summed E-state index contributed by atoms with van der Waals surface area (Å²) >= 11 is 0. The largest absolute Gasteiger partial charge is 0.496 e. The summed E-state index contributed by atoms with van der Waals surface area (Å²) in [6.07, 6.45) is 2.07. The maximum absolute atomic E-state index is 12.4. The Morgan fingerprint density at radius 1 is 1.03 bits per heavy atom. The lowest BCUT2D eigenvalue weighted by atomic mass is 10.0. The van der Waals surface area contributed by atoms with E-state index in [9.17, 15) is 9.59 Å². The van der Waals surface area contributed by atoms with Gasteiger partial charge >= 0.3 is 11.8 Å². The van der Waals surface area contributed by atoms with Gasteiger partial charge in [-0.05, 0) is 31.8 Å². The van der Waals surface area contributed by atoms with Crippen LogP contribution in [0, 0.1) is 0 Å². The number of aromatic nitrogens is 1. The van der Waals surface area contributed by atoms with Crippen molar-refractivity contribution in [2.75, 3.05) is 27.7 Å². The summed E-state index contributed by atoms with van der Waals surface area (Å²) in [5, 5.41) is 6.55. The summed E-state index contributed by atoms with van der Waals surface area (Å²) in [6, 6.07) is 15.4. The molecule has 30 heavy (non-hydrogen) atoms. The Bertz CT molecular complexity index is 1040. The van der Waals surface area contributed by atoms with Crippen LogP contribution in [-0.2, 0) is 23.2 Å². The van der Waals surface area contributed by atoms with Crippen molar-refractivity contribution in [3.05, 3.63) is 65.9 Å². The molecule has 7 nitrogen and oxygen atoms in total. The number of benzene rings is 2. The van der Waals surface area contributed by atoms with Crippen molar-refractivity contribution in [3.63, 3.8) is 0 Å². The molecular formula is C23H28N4O3. The average Bonchev–Trinajstić information content (AvgIpc) is 3.08. The summed E-state index contributed by atoms with van der Waals surface area (Å²) in [5.74, 6) is -0.657. The first-order valence-electron chi connectivity index (χ1n) is 9.80. The standard InChI is InChI=1S/C23H28N4O3/c1-26(2)20(18-15-27(3)19-11-7-6-10-17(18)19)14-25-23(29)22(28)24-13-16-9-5-8-12-21(16)30-4/h5-12,15,20H,13-14H2,1-4H3,(H,24,28)(H,25,29)/t20-/m1/s1. The van der Waals surface area contributed by atoms with Crippen molar-refractivity contribution in [1.29, 1.82) is 0 Å². The molecule has 0 aliphatic heterocycles. The van der Waals surface area contributed by atoms with Gasteiger partial charge in [-0.2, -0.15) is 0 Å². The molecular weight excluding hydrogens is 380 g/mol. The predicted molar refractivity (Wildman–Crippen MR) is 117 cm³/mol. The lowest BCUT2D eigenvalue weighted by molar-refractivity contribution is -0.139. The minimum Gasteiger partial charge on any atom is -0.496 e. The predicted octanol–water partition coefficient (Wildman–Crippen LogP) is 2.22. The number of fused-ring (bicyclic) bond motifs is 1. The molecule has 3 aromatic rings. The van der Waals surface area contributed by atoms with Crippen LogP contribution >= 0.6 is 0 Å². The molecule has 3 rings (SSSR count). The molecule has 0 saturated heterocycles. The fraction of sp³-hybridized carbons (Fsp3) is 0.304. The Labute approximate surface area is 176 Å². The SMILES string of the molecule is COc1ccccc1CNC(=O)C(=O)NC[C@H](c1cn(C)c2ccccc12)N(C)C. The Balaban J connectivity index is 1.64. The van der Waals surface area contributed by atoms with Crippen LogP contribution in [0.2, 0.25) is 0 Å². The van der Waals surface area contributed by atoms with Crippen LogP contribution in [0.25, 0.3) is 10.9 Å². The topological polar surface area (TPSA) is 75.6 Å². The van der Waals surface area contributed by atoms with Gasteiger partial charge in [0.1, 0.15) is 5.75 Å². The molecule has 0 aliphatic rings. The highest BCUT2D eigenvalue weighted by atomic mass is 16.5. The Kier molecular flexibility index (Phi) is 6.74. The lowest BCUT2D eigenvalue weighted by Gasteiger charge is -2.24. The third-order valence-corrected chi connectivity index (χ3v) is 5.20. The Morgan fingerprint density at radius 2 is 1.70 bits per heavy atom. The third kappa shape index (κ3) is 4.63. The average molecular weight is 409 g/mol. The lowest BCUT2D eigenvalue weighted by Crippen LogP contribution is -2.42. The Morgan fingerprint density at radius 3 is 2.43 bits per heavy atom. The summed E-state index contributed by atoms with van der Waals surface area (Å²) in [6.45, 7) is 0.540. The van der Waals surface area contributed by atoms with Gasteiger partial charge in [0.05, 0.1) is 13.2 Å². The van der Waals surface area contributed by atoms with E-state index in [0.29, 0.717) is 12.3 Å². The van der Waals surface area contributed by atoms with E-state index in [-0.39, 0.29) is 12.6 Å². The smallest absolute Gasteiger partial charge is 0.309 e. The molecule has 0 aliphatic carbocycles. The molecule has 158 valence electrons. The second-order valence-corrected chi connectivity index (χ2v) is 7.40. The number of aryl methyl sites for hydroxylation is 1. The van der Waals surface area contributed by atoms with Gasteiger partial charge in [-0.3, -0.25) is 9.59 Å². The summed E-state index contributed by atoms with van der Waals surface area (Å²) in [7, 11) is 7.49. The van der Waals surface area contributed by atoms with Crippen LogP contribution in [-0.4, -0.2) is 49.0 Å². The van der Waals surface area contributed by atoms with E-state index in [2.05, 4.69) is 33.5 Å². The fourth-order valence-electron chi connectivity index (χ4n) is 3.58. The highest BCUT2D eigenvalue weighted by Gasteiger charge is 2.22. The summed E-state index contributed by atoms with van der Waals surface area (Å²) < 4.78 is 7.34. The van der Waals surface area contributed by atoms with Crippen molar-refractivity contribution < 1.29 is 14.3 Å². The molecule has 0 unspecified atom stereocenters. The summed E-state index contributed by atoms with van der Waals surface area (Å²) in [5.41, 5.74) is 3.04. The highest BCUT2D eigenvalue weighted by Crippen LogP contribution is 2.28. The normalized spacial score (nSPS) is 12.0. The number of methoxy groups -OCH3 is 1. The molecule has 0 saturated carbocycles. The summed E-state index contributed by atoms with van der Waals surface area (Å²) in [4.78, 5) is 26.7. The first kappa shape index (κ1) is 21.4. The number of nitrogens with one attached hydrogen (secondary N) is 2. The van der Waals surface area contributed by atoms with E-state index < -0.39 is 11.8 Å². The van der Waals surface area contributed by atoms with E-state index in [4.69, 9.17) is 4.74 Å². The molecule has 1 aromatic heterocycles. The molecule has 0 spiro atoms. The minimum absolute atomic E-state index is 0.0675. The van der Waals surface area contributed by atoms with Gasteiger partial charge in [-0.15, -0.1) is 0 Å².